The first-order chi connectivity index (χ1) is 7.56. The molecule has 2 N–H and O–H groups in total. The van der Waals surface area contributed by atoms with Crippen LogP contribution in [0.4, 0.5) is 4.39 Å². The van der Waals surface area contributed by atoms with Gasteiger partial charge in [-0.15, -0.1) is 0 Å². The molecule has 0 saturated carbocycles. The van der Waals surface area contributed by atoms with Crippen molar-refractivity contribution < 1.29 is 19.2 Å². The number of ether oxygens (including phenoxy) is 1. The first-order valence-electron chi connectivity index (χ1n) is 5.04. The molecule has 3 nitrogen and oxygen atoms in total. The van der Waals surface area contributed by atoms with Crippen LogP contribution in [0, 0.1) is 5.82 Å². The lowest BCUT2D eigenvalue weighted by atomic mass is 9.80. The summed E-state index contributed by atoms with van der Waals surface area (Å²) < 4.78 is 18.6. The van der Waals surface area contributed by atoms with E-state index >= 15 is 0 Å². The van der Waals surface area contributed by atoms with Crippen molar-refractivity contribution in [2.45, 2.75) is 19.8 Å². The van der Waals surface area contributed by atoms with E-state index in [0.29, 0.717) is 6.61 Å². The van der Waals surface area contributed by atoms with Crippen molar-refractivity contribution in [2.24, 2.45) is 0 Å². The van der Waals surface area contributed by atoms with E-state index < -0.39 is 12.9 Å². The molecule has 0 aliphatic heterocycles. The van der Waals surface area contributed by atoms with Gasteiger partial charge >= 0.3 is 7.12 Å². The van der Waals surface area contributed by atoms with Gasteiger partial charge in [0.1, 0.15) is 0 Å². The third-order valence-electron chi connectivity index (χ3n) is 2.07. The van der Waals surface area contributed by atoms with Gasteiger partial charge in [-0.2, -0.15) is 0 Å². The van der Waals surface area contributed by atoms with Gasteiger partial charge in [-0.3, -0.25) is 0 Å². The highest BCUT2D eigenvalue weighted by molar-refractivity contribution is 6.59. The summed E-state index contributed by atoms with van der Waals surface area (Å²) in [6.45, 7) is 2.36. The molecule has 0 spiro atoms. The highest BCUT2D eigenvalue weighted by Crippen LogP contribution is 2.23. The van der Waals surface area contributed by atoms with Crippen LogP contribution in [-0.2, 0) is 0 Å². The molecule has 1 aromatic rings. The summed E-state index contributed by atoms with van der Waals surface area (Å²) >= 11 is 5.60. The smallest absolute Gasteiger partial charge is 0.488 e. The highest BCUT2D eigenvalue weighted by atomic mass is 35.5. The Morgan fingerprint density at radius 3 is 2.69 bits per heavy atom. The number of halogens is 2. The molecule has 1 aromatic carbocycles. The van der Waals surface area contributed by atoms with E-state index in [0.717, 1.165) is 18.9 Å². The molecule has 6 heteroatoms. The van der Waals surface area contributed by atoms with Crippen LogP contribution < -0.4 is 10.2 Å². The first-order valence-corrected chi connectivity index (χ1v) is 5.42. The Bertz CT molecular complexity index is 360. The summed E-state index contributed by atoms with van der Waals surface area (Å²) in [6, 6.07) is 2.40. The zero-order valence-corrected chi connectivity index (χ0v) is 9.67. The van der Waals surface area contributed by atoms with E-state index in [4.69, 9.17) is 26.4 Å². The predicted molar refractivity (Wildman–Crippen MR) is 61.6 cm³/mol. The van der Waals surface area contributed by atoms with Crippen molar-refractivity contribution in [1.82, 2.24) is 0 Å². The Balaban J connectivity index is 2.88. The molecule has 0 radical (unpaired) electrons. The number of hydrogen-bond acceptors (Lipinski definition) is 3. The van der Waals surface area contributed by atoms with E-state index in [-0.39, 0.29) is 16.2 Å². The average molecular weight is 246 g/mol. The van der Waals surface area contributed by atoms with Gasteiger partial charge in [-0.05, 0) is 24.0 Å². The summed E-state index contributed by atoms with van der Waals surface area (Å²) in [5.74, 6) is -0.730. The molecule has 0 amide bonds. The minimum atomic E-state index is -1.69. The van der Waals surface area contributed by atoms with E-state index in [2.05, 4.69) is 0 Å². The Labute approximate surface area is 99.0 Å². The molecular formula is C10H13BClFO3. The number of benzene rings is 1. The molecule has 16 heavy (non-hydrogen) atoms. The molecule has 0 aromatic heterocycles. The van der Waals surface area contributed by atoms with Crippen molar-refractivity contribution in [3.63, 3.8) is 0 Å². The van der Waals surface area contributed by atoms with Crippen LogP contribution in [0.15, 0.2) is 12.1 Å². The third kappa shape index (κ3) is 3.37. The monoisotopic (exact) mass is 246 g/mol. The van der Waals surface area contributed by atoms with Crippen LogP contribution in [-0.4, -0.2) is 23.8 Å². The van der Waals surface area contributed by atoms with Crippen molar-refractivity contribution in [3.8, 4) is 5.75 Å². The summed E-state index contributed by atoms with van der Waals surface area (Å²) in [5, 5.41) is 17.7. The normalized spacial score (nSPS) is 10.3. The molecule has 0 heterocycles. The highest BCUT2D eigenvalue weighted by Gasteiger charge is 2.17. The van der Waals surface area contributed by atoms with Gasteiger partial charge in [0.2, 0.25) is 0 Å². The van der Waals surface area contributed by atoms with Crippen molar-refractivity contribution in [2.75, 3.05) is 6.61 Å². The Morgan fingerprint density at radius 1 is 1.44 bits per heavy atom. The zero-order chi connectivity index (χ0) is 12.1. The van der Waals surface area contributed by atoms with Gasteiger partial charge in [0.15, 0.2) is 11.6 Å². The summed E-state index contributed by atoms with van der Waals surface area (Å²) in [6.07, 6.45) is 1.72. The van der Waals surface area contributed by atoms with Gasteiger partial charge in [0.05, 0.1) is 11.6 Å². The summed E-state index contributed by atoms with van der Waals surface area (Å²) in [7, 11) is -1.69. The predicted octanol–water partition coefficient (Wildman–Crippen LogP) is 1.34. The SMILES string of the molecule is CCCCOc1cc(B(O)O)cc(Cl)c1F. The van der Waals surface area contributed by atoms with Crippen LogP contribution in [0.25, 0.3) is 0 Å². The van der Waals surface area contributed by atoms with Gasteiger partial charge in [-0.25, -0.2) is 4.39 Å². The van der Waals surface area contributed by atoms with E-state index in [9.17, 15) is 4.39 Å². The van der Waals surface area contributed by atoms with Crippen molar-refractivity contribution >= 4 is 24.2 Å². The maximum absolute atomic E-state index is 13.5. The van der Waals surface area contributed by atoms with Gasteiger partial charge in [0.25, 0.3) is 0 Å². The van der Waals surface area contributed by atoms with Crippen LogP contribution in [0.2, 0.25) is 5.02 Å². The maximum Gasteiger partial charge on any atom is 0.488 e. The fourth-order valence-electron chi connectivity index (χ4n) is 1.16. The molecule has 0 atom stereocenters. The zero-order valence-electron chi connectivity index (χ0n) is 8.91. The molecule has 0 fully saturated rings. The van der Waals surface area contributed by atoms with Crippen molar-refractivity contribution in [1.29, 1.82) is 0 Å². The van der Waals surface area contributed by atoms with Crippen LogP contribution >= 0.6 is 11.6 Å². The van der Waals surface area contributed by atoms with E-state index in [1.807, 2.05) is 6.92 Å². The first kappa shape index (κ1) is 13.3. The largest absolute Gasteiger partial charge is 0.490 e. The molecule has 1 rings (SSSR count). The summed E-state index contributed by atoms with van der Waals surface area (Å²) in [5.41, 5.74) is 0.109. The lowest BCUT2D eigenvalue weighted by molar-refractivity contribution is 0.294. The van der Waals surface area contributed by atoms with Crippen LogP contribution in [0.3, 0.4) is 0 Å². The third-order valence-corrected chi connectivity index (χ3v) is 2.35. The van der Waals surface area contributed by atoms with Crippen molar-refractivity contribution in [3.05, 3.63) is 23.0 Å². The molecule has 0 aliphatic rings. The molecular weight excluding hydrogens is 233 g/mol. The van der Waals surface area contributed by atoms with Gasteiger partial charge < -0.3 is 14.8 Å². The lowest BCUT2D eigenvalue weighted by Crippen LogP contribution is -2.30. The Kier molecular flexibility index (Phi) is 5.05. The maximum atomic E-state index is 13.5. The van der Waals surface area contributed by atoms with E-state index in [1.165, 1.54) is 6.07 Å². The van der Waals surface area contributed by atoms with Crippen LogP contribution in [0.5, 0.6) is 5.75 Å². The Morgan fingerprint density at radius 2 is 2.12 bits per heavy atom. The van der Waals surface area contributed by atoms with Crippen LogP contribution in [0.1, 0.15) is 19.8 Å². The number of hydrogen-bond donors (Lipinski definition) is 2. The lowest BCUT2D eigenvalue weighted by Gasteiger charge is -2.09. The standard InChI is InChI=1S/C10H13BClFO3/c1-2-3-4-16-9-6-7(11(14)15)5-8(12)10(9)13/h5-6,14-15H,2-4H2,1H3. The topological polar surface area (TPSA) is 49.7 Å². The number of rotatable bonds is 5. The minimum Gasteiger partial charge on any atom is -0.490 e. The quantitative estimate of drug-likeness (QED) is 0.609. The fourth-order valence-corrected chi connectivity index (χ4v) is 1.38. The second kappa shape index (κ2) is 6.08. The average Bonchev–Trinajstić information content (AvgIpc) is 2.24. The molecule has 0 saturated heterocycles. The number of unbranched alkanes of at least 4 members (excludes halogenated alkanes) is 1. The fraction of sp³-hybridized carbons (Fsp3) is 0.400. The second-order valence-electron chi connectivity index (χ2n) is 3.39. The van der Waals surface area contributed by atoms with Gasteiger partial charge in [-0.1, -0.05) is 24.9 Å². The molecule has 0 bridgehead atoms. The molecule has 0 aliphatic carbocycles. The Hall–Kier alpha value is -0.775. The summed E-state index contributed by atoms with van der Waals surface area (Å²) in [4.78, 5) is 0. The van der Waals surface area contributed by atoms with Gasteiger partial charge in [0, 0.05) is 0 Å². The molecule has 0 unspecified atom stereocenters. The molecule has 88 valence electrons. The second-order valence-corrected chi connectivity index (χ2v) is 3.80. The van der Waals surface area contributed by atoms with E-state index in [1.54, 1.807) is 0 Å². The minimum absolute atomic E-state index is 0.0518.